The van der Waals surface area contributed by atoms with Gasteiger partial charge in [0.1, 0.15) is 0 Å². The van der Waals surface area contributed by atoms with Crippen molar-refractivity contribution in [3.05, 3.63) is 33.8 Å². The number of benzene rings is 1. The largest absolute Gasteiger partial charge is 0.375 e. The van der Waals surface area contributed by atoms with E-state index in [0.29, 0.717) is 13.2 Å². The smallest absolute Gasteiger partial charge is 0.0721 e. The molecule has 2 rings (SSSR count). The molecule has 12 heavy (non-hydrogen) atoms. The fourth-order valence-corrected chi connectivity index (χ4v) is 1.86. The van der Waals surface area contributed by atoms with Crippen molar-refractivity contribution in [2.24, 2.45) is 5.73 Å². The van der Waals surface area contributed by atoms with E-state index in [1.54, 1.807) is 0 Å². The van der Waals surface area contributed by atoms with Crippen LogP contribution in [0.3, 0.4) is 0 Å². The van der Waals surface area contributed by atoms with E-state index in [2.05, 4.69) is 28.1 Å². The Kier molecular flexibility index (Phi) is 2.17. The molecule has 0 aromatic heterocycles. The molecule has 0 radical (unpaired) electrons. The average Bonchev–Trinajstić information content (AvgIpc) is 2.04. The summed E-state index contributed by atoms with van der Waals surface area (Å²) in [5.41, 5.74) is 8.27. The van der Waals surface area contributed by atoms with Crippen LogP contribution in [0.5, 0.6) is 0 Å². The maximum atomic E-state index is 5.86. The van der Waals surface area contributed by atoms with Crippen LogP contribution < -0.4 is 5.73 Å². The Bertz CT molecular complexity index is 301. The Hall–Kier alpha value is -0.380. The number of nitrogens with two attached hydrogens (primary N) is 1. The molecule has 1 aliphatic rings. The summed E-state index contributed by atoms with van der Waals surface area (Å²) in [5, 5.41) is 0. The Morgan fingerprint density at radius 3 is 3.17 bits per heavy atom. The zero-order chi connectivity index (χ0) is 8.55. The normalized spacial score (nSPS) is 22.0. The lowest BCUT2D eigenvalue weighted by Gasteiger charge is -2.22. The van der Waals surface area contributed by atoms with E-state index < -0.39 is 0 Å². The van der Waals surface area contributed by atoms with Crippen LogP contribution in [0.1, 0.15) is 17.2 Å². The van der Waals surface area contributed by atoms with Gasteiger partial charge in [0, 0.05) is 4.47 Å². The van der Waals surface area contributed by atoms with Gasteiger partial charge in [0.05, 0.1) is 19.3 Å². The minimum Gasteiger partial charge on any atom is -0.375 e. The molecule has 2 N–H and O–H groups in total. The van der Waals surface area contributed by atoms with Crippen molar-refractivity contribution in [2.45, 2.75) is 12.6 Å². The molecular weight excluding hydrogens is 218 g/mol. The van der Waals surface area contributed by atoms with Crippen LogP contribution in [0.4, 0.5) is 0 Å². The van der Waals surface area contributed by atoms with Gasteiger partial charge in [0.2, 0.25) is 0 Å². The molecule has 0 spiro atoms. The van der Waals surface area contributed by atoms with Gasteiger partial charge in [-0.2, -0.15) is 0 Å². The van der Waals surface area contributed by atoms with Crippen molar-refractivity contribution in [3.63, 3.8) is 0 Å². The highest BCUT2D eigenvalue weighted by atomic mass is 79.9. The third-order valence-corrected chi connectivity index (χ3v) is 2.55. The predicted octanol–water partition coefficient (Wildman–Crippen LogP) is 1.98. The first-order valence-corrected chi connectivity index (χ1v) is 4.68. The van der Waals surface area contributed by atoms with Crippen molar-refractivity contribution < 1.29 is 4.74 Å². The summed E-state index contributed by atoms with van der Waals surface area (Å²) in [5.74, 6) is 0. The maximum absolute atomic E-state index is 5.86. The van der Waals surface area contributed by atoms with Crippen LogP contribution in [0.25, 0.3) is 0 Å². The van der Waals surface area contributed by atoms with E-state index in [1.165, 1.54) is 11.1 Å². The van der Waals surface area contributed by atoms with Crippen molar-refractivity contribution in [3.8, 4) is 0 Å². The van der Waals surface area contributed by atoms with Gasteiger partial charge in [0.25, 0.3) is 0 Å². The molecule has 1 aromatic carbocycles. The van der Waals surface area contributed by atoms with E-state index in [1.807, 2.05) is 6.07 Å². The lowest BCUT2D eigenvalue weighted by Crippen LogP contribution is -2.23. The number of ether oxygens (including phenoxy) is 1. The van der Waals surface area contributed by atoms with Gasteiger partial charge < -0.3 is 10.5 Å². The molecular formula is C9H10BrNO. The molecule has 0 unspecified atom stereocenters. The Balaban J connectivity index is 2.46. The number of halogens is 1. The monoisotopic (exact) mass is 227 g/mol. The van der Waals surface area contributed by atoms with Crippen LogP contribution in [0, 0.1) is 0 Å². The lowest BCUT2D eigenvalue weighted by atomic mass is 10.0. The van der Waals surface area contributed by atoms with Crippen molar-refractivity contribution in [1.29, 1.82) is 0 Å². The topological polar surface area (TPSA) is 35.2 Å². The van der Waals surface area contributed by atoms with Gasteiger partial charge in [-0.05, 0) is 23.3 Å². The third kappa shape index (κ3) is 1.40. The highest BCUT2D eigenvalue weighted by Gasteiger charge is 2.16. The van der Waals surface area contributed by atoms with E-state index in [-0.39, 0.29) is 6.04 Å². The summed E-state index contributed by atoms with van der Waals surface area (Å²) in [6.07, 6.45) is 0. The summed E-state index contributed by atoms with van der Waals surface area (Å²) in [6, 6.07) is 6.19. The van der Waals surface area contributed by atoms with E-state index >= 15 is 0 Å². The molecule has 0 fully saturated rings. The summed E-state index contributed by atoms with van der Waals surface area (Å²) >= 11 is 3.41. The first-order chi connectivity index (χ1) is 5.77. The molecule has 1 aliphatic heterocycles. The minimum absolute atomic E-state index is 0.0434. The Morgan fingerprint density at radius 1 is 1.50 bits per heavy atom. The van der Waals surface area contributed by atoms with Gasteiger partial charge in [-0.15, -0.1) is 0 Å². The van der Waals surface area contributed by atoms with Gasteiger partial charge >= 0.3 is 0 Å². The first kappa shape index (κ1) is 8.23. The second kappa shape index (κ2) is 3.17. The molecule has 0 saturated carbocycles. The van der Waals surface area contributed by atoms with Crippen molar-refractivity contribution in [2.75, 3.05) is 6.61 Å². The van der Waals surface area contributed by atoms with Crippen LogP contribution in [-0.2, 0) is 11.3 Å². The van der Waals surface area contributed by atoms with Crippen LogP contribution in [-0.4, -0.2) is 6.61 Å². The fraction of sp³-hybridized carbons (Fsp3) is 0.333. The van der Waals surface area contributed by atoms with Crippen LogP contribution >= 0.6 is 15.9 Å². The minimum atomic E-state index is 0.0434. The fourth-order valence-electron chi connectivity index (χ4n) is 1.45. The standard InChI is InChI=1S/C9H10BrNO/c10-7-1-2-8-6(3-7)4-12-5-9(8)11/h1-3,9H,4-5,11H2/t9-/m0/s1. The molecule has 1 aromatic rings. The number of fused-ring (bicyclic) bond motifs is 1. The Morgan fingerprint density at radius 2 is 2.33 bits per heavy atom. The zero-order valence-corrected chi connectivity index (χ0v) is 8.17. The third-order valence-electron chi connectivity index (χ3n) is 2.06. The lowest BCUT2D eigenvalue weighted by molar-refractivity contribution is 0.0923. The summed E-state index contributed by atoms with van der Waals surface area (Å²) in [7, 11) is 0. The molecule has 1 heterocycles. The summed E-state index contributed by atoms with van der Waals surface area (Å²) in [4.78, 5) is 0. The molecule has 0 bridgehead atoms. The quantitative estimate of drug-likeness (QED) is 0.736. The van der Waals surface area contributed by atoms with E-state index in [9.17, 15) is 0 Å². The van der Waals surface area contributed by atoms with E-state index in [0.717, 1.165) is 4.47 Å². The zero-order valence-electron chi connectivity index (χ0n) is 6.59. The summed E-state index contributed by atoms with van der Waals surface area (Å²) in [6.45, 7) is 1.32. The molecule has 0 aliphatic carbocycles. The maximum Gasteiger partial charge on any atom is 0.0721 e. The number of hydrogen-bond acceptors (Lipinski definition) is 2. The SMILES string of the molecule is N[C@H]1COCc2cc(Br)ccc21. The number of hydrogen-bond donors (Lipinski definition) is 1. The van der Waals surface area contributed by atoms with E-state index in [4.69, 9.17) is 10.5 Å². The molecule has 0 saturated heterocycles. The highest BCUT2D eigenvalue weighted by Crippen LogP contribution is 2.25. The summed E-state index contributed by atoms with van der Waals surface area (Å²) < 4.78 is 6.40. The number of rotatable bonds is 0. The van der Waals surface area contributed by atoms with Gasteiger partial charge in [0.15, 0.2) is 0 Å². The van der Waals surface area contributed by atoms with Crippen LogP contribution in [0.2, 0.25) is 0 Å². The van der Waals surface area contributed by atoms with Gasteiger partial charge in [-0.25, -0.2) is 0 Å². The van der Waals surface area contributed by atoms with Crippen LogP contribution in [0.15, 0.2) is 22.7 Å². The molecule has 2 nitrogen and oxygen atoms in total. The molecule has 64 valence electrons. The van der Waals surface area contributed by atoms with Crippen molar-refractivity contribution >= 4 is 15.9 Å². The molecule has 3 heteroatoms. The highest BCUT2D eigenvalue weighted by molar-refractivity contribution is 9.10. The first-order valence-electron chi connectivity index (χ1n) is 3.89. The Labute approximate surface area is 79.8 Å². The van der Waals surface area contributed by atoms with Gasteiger partial charge in [-0.3, -0.25) is 0 Å². The second-order valence-corrected chi connectivity index (χ2v) is 3.88. The molecule has 1 atom stereocenters. The van der Waals surface area contributed by atoms with Crippen molar-refractivity contribution in [1.82, 2.24) is 0 Å². The second-order valence-electron chi connectivity index (χ2n) is 2.96. The predicted molar refractivity (Wildman–Crippen MR) is 50.7 cm³/mol. The van der Waals surface area contributed by atoms with Gasteiger partial charge in [-0.1, -0.05) is 22.0 Å². The molecule has 0 amide bonds. The average molecular weight is 228 g/mol.